The number of hydrogen-bond donors (Lipinski definition) is 3. The van der Waals surface area contributed by atoms with Gasteiger partial charge in [0.05, 0.1) is 0 Å². The Balaban J connectivity index is 2.75. The molecule has 4 N–H and O–H groups in total. The third-order valence-corrected chi connectivity index (χ3v) is 1.30. The Morgan fingerprint density at radius 3 is 2.90 bits per heavy atom. The smallest absolute Gasteiger partial charge is 0.197 e. The van der Waals surface area contributed by atoms with E-state index in [9.17, 15) is 0 Å². The van der Waals surface area contributed by atoms with Crippen LogP contribution in [0.2, 0.25) is 0 Å². The van der Waals surface area contributed by atoms with Crippen LogP contribution in [0.5, 0.6) is 0 Å². The number of halogens is 1. The van der Waals surface area contributed by atoms with Crippen LogP contribution in [0.4, 0.5) is 0 Å². The van der Waals surface area contributed by atoms with Gasteiger partial charge < -0.3 is 11.1 Å². The van der Waals surface area contributed by atoms with Crippen LogP contribution < -0.4 is 11.1 Å². The van der Waals surface area contributed by atoms with Gasteiger partial charge in [0.2, 0.25) is 0 Å². The van der Waals surface area contributed by atoms with Crippen molar-refractivity contribution in [3.8, 4) is 0 Å². The van der Waals surface area contributed by atoms with E-state index in [1.54, 1.807) is 18.6 Å². The first-order chi connectivity index (χ1) is 4.72. The van der Waals surface area contributed by atoms with Crippen LogP contribution in [0.15, 0.2) is 23.8 Å². The lowest BCUT2D eigenvalue weighted by molar-refractivity contribution is 0.690. The second kappa shape index (κ2) is 2.62. The molecule has 0 aromatic heterocycles. The lowest BCUT2D eigenvalue weighted by Gasteiger charge is -2.19. The molecule has 0 amide bonds. The minimum atomic E-state index is -0.0981. The van der Waals surface area contributed by atoms with Crippen LogP contribution in [-0.2, 0) is 0 Å². The fourth-order valence-electron chi connectivity index (χ4n) is 0.571. The second-order valence-corrected chi connectivity index (χ2v) is 2.09. The highest BCUT2D eigenvalue weighted by molar-refractivity contribution is 6.30. The summed E-state index contributed by atoms with van der Waals surface area (Å²) in [5.41, 5.74) is 5.16. The van der Waals surface area contributed by atoms with Gasteiger partial charge in [-0.15, -0.1) is 0 Å². The molecule has 0 saturated carbocycles. The normalized spacial score (nSPS) is 16.1. The zero-order valence-corrected chi connectivity index (χ0v) is 5.89. The lowest BCUT2D eigenvalue weighted by Crippen LogP contribution is -2.32. The number of rotatable bonds is 0. The van der Waals surface area contributed by atoms with Gasteiger partial charge in [-0.2, -0.15) is 0 Å². The highest BCUT2D eigenvalue weighted by Crippen LogP contribution is 2.10. The molecular weight excluding hydrogens is 152 g/mol. The SMILES string of the molecule is N=C(N)N1C=CNC=C1Cl. The van der Waals surface area contributed by atoms with Crippen molar-refractivity contribution < 1.29 is 0 Å². The van der Waals surface area contributed by atoms with E-state index in [4.69, 9.17) is 22.7 Å². The van der Waals surface area contributed by atoms with E-state index in [0.29, 0.717) is 5.16 Å². The average molecular weight is 159 g/mol. The third kappa shape index (κ3) is 1.22. The molecule has 4 nitrogen and oxygen atoms in total. The summed E-state index contributed by atoms with van der Waals surface area (Å²) in [4.78, 5) is 1.35. The molecule has 0 atom stereocenters. The first-order valence-electron chi connectivity index (χ1n) is 2.63. The Kier molecular flexibility index (Phi) is 1.82. The Hall–Kier alpha value is -1.16. The van der Waals surface area contributed by atoms with Crippen molar-refractivity contribution in [2.75, 3.05) is 0 Å². The Morgan fingerprint density at radius 2 is 2.50 bits per heavy atom. The van der Waals surface area contributed by atoms with Crippen molar-refractivity contribution in [2.45, 2.75) is 0 Å². The third-order valence-electron chi connectivity index (χ3n) is 1.01. The molecule has 0 spiro atoms. The Bertz CT molecular complexity index is 208. The van der Waals surface area contributed by atoms with Crippen molar-refractivity contribution in [3.63, 3.8) is 0 Å². The molecule has 0 radical (unpaired) electrons. The van der Waals surface area contributed by atoms with Crippen LogP contribution in [0, 0.1) is 5.41 Å². The van der Waals surface area contributed by atoms with Crippen LogP contribution in [-0.4, -0.2) is 10.9 Å². The Morgan fingerprint density at radius 1 is 1.80 bits per heavy atom. The highest BCUT2D eigenvalue weighted by Gasteiger charge is 2.08. The first-order valence-corrected chi connectivity index (χ1v) is 3.01. The number of nitrogens with two attached hydrogens (primary N) is 1. The van der Waals surface area contributed by atoms with Gasteiger partial charge in [-0.1, -0.05) is 11.6 Å². The maximum atomic E-state index is 7.02. The molecule has 5 heteroatoms. The highest BCUT2D eigenvalue weighted by atomic mass is 35.5. The molecule has 10 heavy (non-hydrogen) atoms. The molecule has 0 aliphatic carbocycles. The predicted octanol–water partition coefficient (Wildman–Crippen LogP) is 0.294. The van der Waals surface area contributed by atoms with E-state index in [2.05, 4.69) is 5.32 Å². The monoisotopic (exact) mass is 158 g/mol. The van der Waals surface area contributed by atoms with Crippen LogP contribution in [0.25, 0.3) is 0 Å². The van der Waals surface area contributed by atoms with Gasteiger partial charge in [0, 0.05) is 18.6 Å². The summed E-state index contributed by atoms with van der Waals surface area (Å²) in [6.07, 6.45) is 4.75. The van der Waals surface area contributed by atoms with Crippen LogP contribution >= 0.6 is 11.6 Å². The summed E-state index contributed by atoms with van der Waals surface area (Å²) in [5, 5.41) is 10.2. The molecule has 0 unspecified atom stereocenters. The van der Waals surface area contributed by atoms with E-state index in [0.717, 1.165) is 0 Å². The largest absolute Gasteiger partial charge is 0.369 e. The van der Waals surface area contributed by atoms with Gasteiger partial charge in [-0.3, -0.25) is 10.3 Å². The summed E-state index contributed by atoms with van der Waals surface area (Å²) in [6, 6.07) is 0. The topological polar surface area (TPSA) is 65.1 Å². The van der Waals surface area contributed by atoms with Crippen LogP contribution in [0.1, 0.15) is 0 Å². The van der Waals surface area contributed by atoms with Gasteiger partial charge >= 0.3 is 0 Å². The van der Waals surface area contributed by atoms with Gasteiger partial charge in [0.1, 0.15) is 5.16 Å². The summed E-state index contributed by atoms with van der Waals surface area (Å²) in [7, 11) is 0. The Labute approximate surface area is 63.5 Å². The zero-order chi connectivity index (χ0) is 7.56. The van der Waals surface area contributed by atoms with Gasteiger partial charge in [-0.05, 0) is 0 Å². The van der Waals surface area contributed by atoms with Crippen molar-refractivity contribution in [1.29, 1.82) is 5.41 Å². The standard InChI is InChI=1S/C5H7ClN4/c6-4-3-9-1-2-10(4)5(7)8/h1-3,9H,(H3,7,8). The zero-order valence-electron chi connectivity index (χ0n) is 5.13. The van der Waals surface area contributed by atoms with E-state index < -0.39 is 0 Å². The molecule has 1 heterocycles. The molecular formula is C5H7ClN4. The van der Waals surface area contributed by atoms with Crippen molar-refractivity contribution in [2.24, 2.45) is 5.73 Å². The van der Waals surface area contributed by atoms with Crippen molar-refractivity contribution in [3.05, 3.63) is 23.8 Å². The molecule has 1 rings (SSSR count). The quantitative estimate of drug-likeness (QED) is 0.270. The second-order valence-electron chi connectivity index (χ2n) is 1.70. The summed E-state index contributed by atoms with van der Waals surface area (Å²) < 4.78 is 0. The summed E-state index contributed by atoms with van der Waals surface area (Å²) in [5.74, 6) is -0.0981. The van der Waals surface area contributed by atoms with Crippen molar-refractivity contribution in [1.82, 2.24) is 10.2 Å². The molecule has 54 valence electrons. The minimum absolute atomic E-state index is 0.0981. The summed E-state index contributed by atoms with van der Waals surface area (Å²) in [6.45, 7) is 0. The van der Waals surface area contributed by atoms with Crippen molar-refractivity contribution >= 4 is 17.6 Å². The summed E-state index contributed by atoms with van der Waals surface area (Å²) >= 11 is 5.63. The minimum Gasteiger partial charge on any atom is -0.369 e. The van der Waals surface area contributed by atoms with Crippen LogP contribution in [0.3, 0.4) is 0 Å². The van der Waals surface area contributed by atoms with Gasteiger partial charge in [0.25, 0.3) is 0 Å². The fraction of sp³-hybridized carbons (Fsp3) is 0. The number of nitrogens with one attached hydrogen (secondary N) is 2. The van der Waals surface area contributed by atoms with Gasteiger partial charge in [-0.25, -0.2) is 0 Å². The molecule has 0 bridgehead atoms. The molecule has 1 aliphatic heterocycles. The van der Waals surface area contributed by atoms with E-state index in [1.165, 1.54) is 4.90 Å². The number of guanidine groups is 1. The average Bonchev–Trinajstić information content (AvgIpc) is 1.88. The predicted molar refractivity (Wildman–Crippen MR) is 40.0 cm³/mol. The first kappa shape index (κ1) is 6.95. The van der Waals surface area contributed by atoms with E-state index in [1.807, 2.05) is 0 Å². The molecule has 0 aromatic carbocycles. The van der Waals surface area contributed by atoms with E-state index >= 15 is 0 Å². The molecule has 0 aromatic rings. The fourth-order valence-corrected chi connectivity index (χ4v) is 0.781. The molecule has 1 aliphatic rings. The molecule has 0 fully saturated rings. The number of nitrogens with zero attached hydrogens (tertiary/aromatic N) is 1. The maximum Gasteiger partial charge on any atom is 0.197 e. The van der Waals surface area contributed by atoms with Gasteiger partial charge in [0.15, 0.2) is 5.96 Å². The lowest BCUT2D eigenvalue weighted by atomic mass is 10.6. The maximum absolute atomic E-state index is 7.02. The van der Waals surface area contributed by atoms with E-state index in [-0.39, 0.29) is 5.96 Å². The number of hydrogen-bond acceptors (Lipinski definition) is 2. The molecule has 0 saturated heterocycles.